The van der Waals surface area contributed by atoms with Crippen molar-refractivity contribution >= 4 is 40.6 Å². The zero-order valence-electron chi connectivity index (χ0n) is 13.4. The fourth-order valence-corrected chi connectivity index (χ4v) is 3.21. The van der Waals surface area contributed by atoms with E-state index in [9.17, 15) is 4.79 Å². The van der Waals surface area contributed by atoms with E-state index in [1.54, 1.807) is 30.5 Å². The van der Waals surface area contributed by atoms with Crippen molar-refractivity contribution in [3.63, 3.8) is 0 Å². The summed E-state index contributed by atoms with van der Waals surface area (Å²) in [7, 11) is 0. The quantitative estimate of drug-likeness (QED) is 0.845. The number of piperidine rings is 1. The molecule has 1 aromatic carbocycles. The number of anilines is 2. The SMILES string of the molecule is CC1CCN(c2cc(C(=O)Nc3ccc(Cl)cc3Cl)ccn2)CC1. The Bertz CT molecular complexity index is 743. The third kappa shape index (κ3) is 4.00. The van der Waals surface area contributed by atoms with Crippen LogP contribution in [0, 0.1) is 5.92 Å². The Morgan fingerprint density at radius 2 is 1.96 bits per heavy atom. The molecule has 1 aliphatic rings. The Morgan fingerprint density at radius 1 is 1.21 bits per heavy atom. The first-order valence-electron chi connectivity index (χ1n) is 8.00. The van der Waals surface area contributed by atoms with Crippen molar-refractivity contribution in [1.82, 2.24) is 4.98 Å². The number of aromatic nitrogens is 1. The number of rotatable bonds is 3. The van der Waals surface area contributed by atoms with Crippen LogP contribution in [0.15, 0.2) is 36.5 Å². The molecule has 1 saturated heterocycles. The Morgan fingerprint density at radius 3 is 2.67 bits per heavy atom. The number of nitrogens with zero attached hydrogens (tertiary/aromatic N) is 2. The van der Waals surface area contributed by atoms with Gasteiger partial charge in [-0.2, -0.15) is 0 Å². The van der Waals surface area contributed by atoms with Crippen LogP contribution in [-0.2, 0) is 0 Å². The molecule has 0 saturated carbocycles. The van der Waals surface area contributed by atoms with Crippen LogP contribution in [0.5, 0.6) is 0 Å². The number of carbonyl (C=O) groups excluding carboxylic acids is 1. The van der Waals surface area contributed by atoms with Gasteiger partial charge in [0.2, 0.25) is 0 Å². The molecule has 0 aliphatic carbocycles. The van der Waals surface area contributed by atoms with Gasteiger partial charge >= 0.3 is 0 Å². The van der Waals surface area contributed by atoms with Crippen LogP contribution in [0.4, 0.5) is 11.5 Å². The van der Waals surface area contributed by atoms with E-state index in [2.05, 4.69) is 22.1 Å². The number of halogens is 2. The Balaban J connectivity index is 1.74. The van der Waals surface area contributed by atoms with Crippen molar-refractivity contribution in [2.45, 2.75) is 19.8 Å². The smallest absolute Gasteiger partial charge is 0.255 e. The molecule has 2 aromatic rings. The maximum atomic E-state index is 12.5. The van der Waals surface area contributed by atoms with Gasteiger partial charge in [-0.3, -0.25) is 4.79 Å². The summed E-state index contributed by atoms with van der Waals surface area (Å²) in [5, 5.41) is 3.76. The van der Waals surface area contributed by atoms with Crippen LogP contribution < -0.4 is 10.2 Å². The fraction of sp³-hybridized carbons (Fsp3) is 0.333. The summed E-state index contributed by atoms with van der Waals surface area (Å²) >= 11 is 12.0. The van der Waals surface area contributed by atoms with Crippen molar-refractivity contribution in [2.24, 2.45) is 5.92 Å². The summed E-state index contributed by atoms with van der Waals surface area (Å²) in [6.45, 7) is 4.22. The zero-order valence-corrected chi connectivity index (χ0v) is 14.9. The van der Waals surface area contributed by atoms with E-state index in [0.717, 1.165) is 37.7 Å². The summed E-state index contributed by atoms with van der Waals surface area (Å²) in [6.07, 6.45) is 3.97. The predicted octanol–water partition coefficient (Wildman–Crippen LogP) is 4.88. The van der Waals surface area contributed by atoms with Gasteiger partial charge in [0.25, 0.3) is 5.91 Å². The third-order valence-corrected chi connectivity index (χ3v) is 4.84. The van der Waals surface area contributed by atoms with Gasteiger partial charge in [0.1, 0.15) is 5.82 Å². The van der Waals surface area contributed by atoms with Gasteiger partial charge in [0.15, 0.2) is 0 Å². The lowest BCUT2D eigenvalue weighted by Crippen LogP contribution is -2.33. The average Bonchev–Trinajstić information content (AvgIpc) is 2.58. The number of carbonyl (C=O) groups is 1. The van der Waals surface area contributed by atoms with E-state index in [-0.39, 0.29) is 5.91 Å². The van der Waals surface area contributed by atoms with Crippen LogP contribution in [-0.4, -0.2) is 24.0 Å². The fourth-order valence-electron chi connectivity index (χ4n) is 2.76. The van der Waals surface area contributed by atoms with Crippen LogP contribution in [0.2, 0.25) is 10.0 Å². The van der Waals surface area contributed by atoms with Crippen molar-refractivity contribution in [2.75, 3.05) is 23.3 Å². The highest BCUT2D eigenvalue weighted by atomic mass is 35.5. The third-order valence-electron chi connectivity index (χ3n) is 4.29. The average molecular weight is 364 g/mol. The summed E-state index contributed by atoms with van der Waals surface area (Å²) in [4.78, 5) is 19.1. The highest BCUT2D eigenvalue weighted by Gasteiger charge is 2.18. The molecule has 4 nitrogen and oxygen atoms in total. The summed E-state index contributed by atoms with van der Waals surface area (Å²) in [5.74, 6) is 1.38. The molecule has 0 bridgehead atoms. The predicted molar refractivity (Wildman–Crippen MR) is 99.3 cm³/mol. The molecule has 0 unspecified atom stereocenters. The molecule has 1 fully saturated rings. The van der Waals surface area contributed by atoms with E-state index in [1.165, 1.54) is 0 Å². The van der Waals surface area contributed by atoms with Gasteiger partial charge in [-0.15, -0.1) is 0 Å². The molecule has 24 heavy (non-hydrogen) atoms. The van der Waals surface area contributed by atoms with Gasteiger partial charge in [-0.05, 0) is 49.1 Å². The maximum absolute atomic E-state index is 12.5. The van der Waals surface area contributed by atoms with Gasteiger partial charge in [-0.1, -0.05) is 30.1 Å². The summed E-state index contributed by atoms with van der Waals surface area (Å²) in [6, 6.07) is 8.52. The lowest BCUT2D eigenvalue weighted by atomic mass is 9.99. The first-order valence-corrected chi connectivity index (χ1v) is 8.76. The highest BCUT2D eigenvalue weighted by Crippen LogP contribution is 2.26. The number of nitrogens with one attached hydrogen (secondary N) is 1. The van der Waals surface area contributed by atoms with Crippen molar-refractivity contribution in [3.05, 3.63) is 52.1 Å². The molecule has 1 N–H and O–H groups in total. The lowest BCUT2D eigenvalue weighted by molar-refractivity contribution is 0.102. The monoisotopic (exact) mass is 363 g/mol. The van der Waals surface area contributed by atoms with E-state index < -0.39 is 0 Å². The minimum Gasteiger partial charge on any atom is -0.357 e. The molecule has 0 atom stereocenters. The highest BCUT2D eigenvalue weighted by molar-refractivity contribution is 6.36. The molecule has 1 aliphatic heterocycles. The van der Waals surface area contributed by atoms with Crippen LogP contribution in [0.3, 0.4) is 0 Å². The minimum atomic E-state index is -0.215. The minimum absolute atomic E-state index is 0.215. The molecule has 1 amide bonds. The summed E-state index contributed by atoms with van der Waals surface area (Å²) < 4.78 is 0. The molecule has 126 valence electrons. The number of amides is 1. The zero-order chi connectivity index (χ0) is 17.1. The van der Waals surface area contributed by atoms with E-state index in [1.807, 2.05) is 6.07 Å². The Kier molecular flexibility index (Phi) is 5.27. The largest absolute Gasteiger partial charge is 0.357 e. The molecule has 1 aromatic heterocycles. The van der Waals surface area contributed by atoms with Gasteiger partial charge in [-0.25, -0.2) is 4.98 Å². The molecule has 3 rings (SSSR count). The van der Waals surface area contributed by atoms with E-state index in [0.29, 0.717) is 21.3 Å². The van der Waals surface area contributed by atoms with Crippen LogP contribution in [0.25, 0.3) is 0 Å². The second-order valence-electron chi connectivity index (χ2n) is 6.15. The van der Waals surface area contributed by atoms with Gasteiger partial charge < -0.3 is 10.2 Å². The van der Waals surface area contributed by atoms with Crippen LogP contribution >= 0.6 is 23.2 Å². The molecule has 0 spiro atoms. The van der Waals surface area contributed by atoms with Crippen LogP contribution in [0.1, 0.15) is 30.1 Å². The number of hydrogen-bond donors (Lipinski definition) is 1. The molecular weight excluding hydrogens is 345 g/mol. The maximum Gasteiger partial charge on any atom is 0.255 e. The van der Waals surface area contributed by atoms with Crippen molar-refractivity contribution in [1.29, 1.82) is 0 Å². The second-order valence-corrected chi connectivity index (χ2v) is 6.99. The number of benzene rings is 1. The van der Waals surface area contributed by atoms with Gasteiger partial charge in [0.05, 0.1) is 10.7 Å². The normalized spacial score (nSPS) is 15.4. The van der Waals surface area contributed by atoms with E-state index in [4.69, 9.17) is 23.2 Å². The first kappa shape index (κ1) is 17.1. The first-order chi connectivity index (χ1) is 11.5. The molecule has 2 heterocycles. The molecular formula is C18H19Cl2N3O. The van der Waals surface area contributed by atoms with Crippen molar-refractivity contribution in [3.8, 4) is 0 Å². The van der Waals surface area contributed by atoms with Gasteiger partial charge in [0, 0.05) is 29.9 Å². The molecule has 0 radical (unpaired) electrons. The lowest BCUT2D eigenvalue weighted by Gasteiger charge is -2.31. The molecule has 6 heteroatoms. The van der Waals surface area contributed by atoms with Crippen molar-refractivity contribution < 1.29 is 4.79 Å². The number of pyridine rings is 1. The Hall–Kier alpha value is -1.78. The summed E-state index contributed by atoms with van der Waals surface area (Å²) in [5.41, 5.74) is 1.10. The Labute approximate surface area is 151 Å². The van der Waals surface area contributed by atoms with E-state index >= 15 is 0 Å². The topological polar surface area (TPSA) is 45.2 Å². The standard InChI is InChI=1S/C18H19Cl2N3O/c1-12-5-8-23(9-6-12)17-10-13(4-7-21-17)18(24)22-16-3-2-14(19)11-15(16)20/h2-4,7,10-12H,5-6,8-9H2,1H3,(H,22,24). The second kappa shape index (κ2) is 7.41. The number of hydrogen-bond acceptors (Lipinski definition) is 3.